The molecule has 0 saturated heterocycles. The van der Waals surface area contributed by atoms with Crippen LogP contribution in [-0.4, -0.2) is 9.97 Å². The second-order valence-electron chi connectivity index (χ2n) is 3.64. The van der Waals surface area contributed by atoms with Crippen molar-refractivity contribution in [3.63, 3.8) is 0 Å². The van der Waals surface area contributed by atoms with Gasteiger partial charge in [-0.25, -0.2) is 10.8 Å². The summed E-state index contributed by atoms with van der Waals surface area (Å²) >= 11 is 12.2. The number of aromatic nitrogens is 2. The molecule has 5 nitrogen and oxygen atoms in total. The lowest BCUT2D eigenvalue weighted by Gasteiger charge is -2.10. The lowest BCUT2D eigenvalue weighted by atomic mass is 10.2. The minimum Gasteiger partial charge on any atom is -0.338 e. The van der Waals surface area contributed by atoms with Gasteiger partial charge in [-0.3, -0.25) is 4.98 Å². The van der Waals surface area contributed by atoms with Crippen molar-refractivity contribution < 1.29 is 0 Å². The number of hydrazine groups is 1. The fourth-order valence-electron chi connectivity index (χ4n) is 1.38. The molecule has 1 aromatic carbocycles. The summed E-state index contributed by atoms with van der Waals surface area (Å²) in [6.45, 7) is 1.89. The Balaban J connectivity index is 2.30. The highest BCUT2D eigenvalue weighted by atomic mass is 35.5. The van der Waals surface area contributed by atoms with Crippen molar-refractivity contribution in [2.45, 2.75) is 6.92 Å². The van der Waals surface area contributed by atoms with Gasteiger partial charge in [0.1, 0.15) is 0 Å². The summed E-state index contributed by atoms with van der Waals surface area (Å²) in [4.78, 5) is 8.15. The van der Waals surface area contributed by atoms with E-state index in [9.17, 15) is 0 Å². The summed E-state index contributed by atoms with van der Waals surface area (Å²) in [6, 6.07) is 3.52. The van der Waals surface area contributed by atoms with Crippen LogP contribution >= 0.6 is 23.2 Å². The van der Waals surface area contributed by atoms with Gasteiger partial charge < -0.3 is 10.7 Å². The lowest BCUT2D eigenvalue weighted by molar-refractivity contribution is 1.16. The molecule has 4 N–H and O–H groups in total. The Morgan fingerprint density at radius 2 is 1.83 bits per heavy atom. The molecule has 0 atom stereocenters. The standard InChI is InChI=1S/C11H11Cl2N5/c1-6-2-8(13)9(3-7(6)12)16-10-4-15-5-11(17-10)18-14/h2-5H,14H2,1H3,(H2,16,17,18). The summed E-state index contributed by atoms with van der Waals surface area (Å²) in [5.41, 5.74) is 3.99. The summed E-state index contributed by atoms with van der Waals surface area (Å²) < 4.78 is 0. The van der Waals surface area contributed by atoms with Crippen LogP contribution in [0.15, 0.2) is 24.5 Å². The SMILES string of the molecule is Cc1cc(Cl)c(Nc2cncc(NN)n2)cc1Cl. The van der Waals surface area contributed by atoms with Gasteiger partial charge in [-0.05, 0) is 24.6 Å². The lowest BCUT2D eigenvalue weighted by Crippen LogP contribution is -2.09. The van der Waals surface area contributed by atoms with Crippen LogP contribution in [0.3, 0.4) is 0 Å². The third-order valence-electron chi connectivity index (χ3n) is 2.29. The topological polar surface area (TPSA) is 75.9 Å². The van der Waals surface area contributed by atoms with Gasteiger partial charge in [0.2, 0.25) is 0 Å². The van der Waals surface area contributed by atoms with E-state index in [1.807, 2.05) is 6.92 Å². The Hall–Kier alpha value is -1.56. The molecule has 1 aromatic heterocycles. The molecule has 0 aliphatic carbocycles. The van der Waals surface area contributed by atoms with Gasteiger partial charge in [-0.1, -0.05) is 23.2 Å². The molecule has 0 aliphatic rings. The number of hydrogen-bond acceptors (Lipinski definition) is 5. The van der Waals surface area contributed by atoms with Gasteiger partial charge in [0.25, 0.3) is 0 Å². The van der Waals surface area contributed by atoms with E-state index in [1.54, 1.807) is 18.3 Å². The Morgan fingerprint density at radius 3 is 2.56 bits per heavy atom. The number of nitrogens with two attached hydrogens (primary N) is 1. The number of anilines is 3. The van der Waals surface area contributed by atoms with E-state index in [0.717, 1.165) is 5.56 Å². The molecule has 94 valence electrons. The first kappa shape index (κ1) is 12.9. The zero-order chi connectivity index (χ0) is 13.1. The van der Waals surface area contributed by atoms with E-state index in [4.69, 9.17) is 29.0 Å². The van der Waals surface area contributed by atoms with Crippen LogP contribution in [0.2, 0.25) is 10.0 Å². The predicted octanol–water partition coefficient (Wildman–Crippen LogP) is 3.12. The first-order chi connectivity index (χ1) is 8.60. The highest BCUT2D eigenvalue weighted by Crippen LogP contribution is 2.30. The predicted molar refractivity (Wildman–Crippen MR) is 74.3 cm³/mol. The molecule has 0 aliphatic heterocycles. The van der Waals surface area contributed by atoms with E-state index in [-0.39, 0.29) is 0 Å². The van der Waals surface area contributed by atoms with Crippen LogP contribution in [-0.2, 0) is 0 Å². The Kier molecular flexibility index (Phi) is 3.86. The van der Waals surface area contributed by atoms with E-state index >= 15 is 0 Å². The van der Waals surface area contributed by atoms with Crippen LogP contribution in [0.25, 0.3) is 0 Å². The molecular weight excluding hydrogens is 273 g/mol. The fourth-order valence-corrected chi connectivity index (χ4v) is 1.80. The van der Waals surface area contributed by atoms with Gasteiger partial charge in [0.15, 0.2) is 11.6 Å². The summed E-state index contributed by atoms with van der Waals surface area (Å²) in [5, 5.41) is 4.22. The van der Waals surface area contributed by atoms with E-state index in [1.165, 1.54) is 6.20 Å². The first-order valence-corrected chi connectivity index (χ1v) is 5.87. The molecule has 0 spiro atoms. The average Bonchev–Trinajstić information content (AvgIpc) is 2.36. The minimum absolute atomic E-state index is 0.453. The van der Waals surface area contributed by atoms with E-state index in [2.05, 4.69) is 20.7 Å². The van der Waals surface area contributed by atoms with Crippen molar-refractivity contribution >= 4 is 40.5 Å². The third-order valence-corrected chi connectivity index (χ3v) is 3.01. The maximum atomic E-state index is 6.12. The van der Waals surface area contributed by atoms with Crippen molar-refractivity contribution in [3.05, 3.63) is 40.1 Å². The first-order valence-electron chi connectivity index (χ1n) is 5.11. The number of aryl methyl sites for hydroxylation is 1. The number of nitrogen functional groups attached to an aromatic ring is 1. The van der Waals surface area contributed by atoms with Crippen LogP contribution in [0, 0.1) is 6.92 Å². The Labute approximate surface area is 114 Å². The molecule has 0 amide bonds. The second-order valence-corrected chi connectivity index (χ2v) is 4.45. The summed E-state index contributed by atoms with van der Waals surface area (Å²) in [5.74, 6) is 6.23. The van der Waals surface area contributed by atoms with Crippen molar-refractivity contribution in [3.8, 4) is 0 Å². The number of benzene rings is 1. The fraction of sp³-hybridized carbons (Fsp3) is 0.0909. The van der Waals surface area contributed by atoms with Crippen molar-refractivity contribution in [2.24, 2.45) is 5.84 Å². The van der Waals surface area contributed by atoms with Crippen LogP contribution in [0.4, 0.5) is 17.3 Å². The largest absolute Gasteiger partial charge is 0.338 e. The summed E-state index contributed by atoms with van der Waals surface area (Å²) in [6.07, 6.45) is 3.07. The van der Waals surface area contributed by atoms with E-state index < -0.39 is 0 Å². The number of nitrogens with zero attached hydrogens (tertiary/aromatic N) is 2. The third kappa shape index (κ3) is 2.81. The molecule has 2 rings (SSSR count). The van der Waals surface area contributed by atoms with E-state index in [0.29, 0.717) is 27.4 Å². The molecular formula is C11H11Cl2N5. The van der Waals surface area contributed by atoms with Gasteiger partial charge in [0, 0.05) is 5.02 Å². The monoisotopic (exact) mass is 283 g/mol. The number of rotatable bonds is 3. The summed E-state index contributed by atoms with van der Waals surface area (Å²) in [7, 11) is 0. The van der Waals surface area contributed by atoms with Crippen molar-refractivity contribution in [1.82, 2.24) is 9.97 Å². The number of halogens is 2. The molecule has 0 radical (unpaired) electrons. The highest BCUT2D eigenvalue weighted by molar-refractivity contribution is 6.35. The highest BCUT2D eigenvalue weighted by Gasteiger charge is 2.06. The minimum atomic E-state index is 0.453. The van der Waals surface area contributed by atoms with Gasteiger partial charge in [-0.2, -0.15) is 0 Å². The van der Waals surface area contributed by atoms with Crippen LogP contribution < -0.4 is 16.6 Å². The Bertz CT molecular complexity index is 573. The Morgan fingerprint density at radius 1 is 1.11 bits per heavy atom. The average molecular weight is 284 g/mol. The van der Waals surface area contributed by atoms with Gasteiger partial charge in [-0.15, -0.1) is 0 Å². The normalized spacial score (nSPS) is 10.2. The quantitative estimate of drug-likeness (QED) is 0.596. The molecule has 0 fully saturated rings. The molecule has 7 heteroatoms. The molecule has 0 unspecified atom stereocenters. The smallest absolute Gasteiger partial charge is 0.160 e. The maximum absolute atomic E-state index is 6.12. The van der Waals surface area contributed by atoms with Crippen molar-refractivity contribution in [1.29, 1.82) is 0 Å². The number of nitrogens with one attached hydrogen (secondary N) is 2. The maximum Gasteiger partial charge on any atom is 0.160 e. The van der Waals surface area contributed by atoms with Gasteiger partial charge in [0.05, 0.1) is 23.1 Å². The molecule has 2 aromatic rings. The van der Waals surface area contributed by atoms with Crippen LogP contribution in [0.1, 0.15) is 5.56 Å². The van der Waals surface area contributed by atoms with Crippen LogP contribution in [0.5, 0.6) is 0 Å². The molecule has 1 heterocycles. The zero-order valence-corrected chi connectivity index (χ0v) is 11.0. The zero-order valence-electron chi connectivity index (χ0n) is 9.54. The second kappa shape index (κ2) is 5.39. The number of hydrogen-bond donors (Lipinski definition) is 3. The van der Waals surface area contributed by atoms with Gasteiger partial charge >= 0.3 is 0 Å². The van der Waals surface area contributed by atoms with Crippen molar-refractivity contribution in [2.75, 3.05) is 10.7 Å². The molecule has 0 bridgehead atoms. The molecule has 18 heavy (non-hydrogen) atoms. The molecule has 0 saturated carbocycles.